The van der Waals surface area contributed by atoms with Crippen molar-refractivity contribution < 1.29 is 18.5 Å². The highest BCUT2D eigenvalue weighted by molar-refractivity contribution is 6.62. The number of aldehydes is 1. The van der Waals surface area contributed by atoms with Crippen molar-refractivity contribution in [3.8, 4) is 0 Å². The topological polar surface area (TPSA) is 35.5 Å². The summed E-state index contributed by atoms with van der Waals surface area (Å²) in [6, 6.07) is 2.68. The Morgan fingerprint density at radius 2 is 1.74 bits per heavy atom. The molecular weight excluding hydrogens is 269 g/mol. The third-order valence-corrected chi connectivity index (χ3v) is 4.00. The molecule has 1 aromatic rings. The van der Waals surface area contributed by atoms with Crippen molar-refractivity contribution >= 4 is 30.5 Å². The van der Waals surface area contributed by atoms with E-state index in [0.717, 1.165) is 0 Å². The van der Waals surface area contributed by atoms with Crippen LogP contribution in [-0.4, -0.2) is 24.6 Å². The van der Waals surface area contributed by atoms with E-state index in [1.54, 1.807) is 0 Å². The van der Waals surface area contributed by atoms with Crippen LogP contribution in [-0.2, 0) is 9.31 Å². The van der Waals surface area contributed by atoms with Crippen molar-refractivity contribution in [3.63, 3.8) is 0 Å². The van der Waals surface area contributed by atoms with Gasteiger partial charge in [-0.2, -0.15) is 0 Å². The molecule has 0 unspecified atom stereocenters. The highest BCUT2D eigenvalue weighted by atomic mass is 35.5. The van der Waals surface area contributed by atoms with Gasteiger partial charge in [0.25, 0.3) is 0 Å². The average molecular weight is 285 g/mol. The summed E-state index contributed by atoms with van der Waals surface area (Å²) in [5.74, 6) is -0.620. The van der Waals surface area contributed by atoms with Crippen molar-refractivity contribution in [2.75, 3.05) is 0 Å². The quantitative estimate of drug-likeness (QED) is 0.618. The summed E-state index contributed by atoms with van der Waals surface area (Å²) in [7, 11) is -0.873. The Kier molecular flexibility index (Phi) is 3.50. The lowest BCUT2D eigenvalue weighted by Crippen LogP contribution is -2.41. The number of rotatable bonds is 2. The molecule has 0 radical (unpaired) electrons. The maximum absolute atomic E-state index is 14.1. The molecule has 6 heteroatoms. The highest BCUT2D eigenvalue weighted by Crippen LogP contribution is 2.36. The molecule has 0 amide bonds. The fourth-order valence-electron chi connectivity index (χ4n) is 1.84. The third kappa shape index (κ3) is 2.42. The van der Waals surface area contributed by atoms with Gasteiger partial charge in [-0.25, -0.2) is 4.39 Å². The number of carbonyl (C=O) groups excluding carboxylic acids is 1. The zero-order valence-electron chi connectivity index (χ0n) is 11.3. The maximum Gasteiger partial charge on any atom is 0.497 e. The summed E-state index contributed by atoms with van der Waals surface area (Å²) in [5.41, 5.74) is -0.717. The molecule has 0 saturated carbocycles. The maximum atomic E-state index is 14.1. The molecule has 0 atom stereocenters. The van der Waals surface area contributed by atoms with Gasteiger partial charge in [-0.15, -0.1) is 0 Å². The van der Waals surface area contributed by atoms with Crippen LogP contribution >= 0.6 is 11.6 Å². The monoisotopic (exact) mass is 284 g/mol. The highest BCUT2D eigenvalue weighted by Gasteiger charge is 2.52. The first-order valence-electron chi connectivity index (χ1n) is 5.98. The van der Waals surface area contributed by atoms with Crippen LogP contribution in [0.4, 0.5) is 4.39 Å². The summed E-state index contributed by atoms with van der Waals surface area (Å²) in [4.78, 5) is 10.8. The van der Waals surface area contributed by atoms with Crippen LogP contribution in [0.3, 0.4) is 0 Å². The molecule has 0 aliphatic carbocycles. The van der Waals surface area contributed by atoms with E-state index in [1.807, 2.05) is 27.7 Å². The molecule has 0 aromatic heterocycles. The average Bonchev–Trinajstić information content (AvgIpc) is 2.51. The number of hydrogen-bond acceptors (Lipinski definition) is 3. The second-order valence-corrected chi connectivity index (χ2v) is 6.02. The van der Waals surface area contributed by atoms with Crippen LogP contribution in [0.2, 0.25) is 5.02 Å². The van der Waals surface area contributed by atoms with Gasteiger partial charge in [0.1, 0.15) is 12.1 Å². The lowest BCUT2D eigenvalue weighted by atomic mass is 9.78. The fraction of sp³-hybridized carbons (Fsp3) is 0.462. The van der Waals surface area contributed by atoms with E-state index in [-0.39, 0.29) is 16.0 Å². The fourth-order valence-corrected chi connectivity index (χ4v) is 2.08. The minimum absolute atomic E-state index is 0.116. The lowest BCUT2D eigenvalue weighted by Gasteiger charge is -2.32. The molecule has 1 aliphatic rings. The van der Waals surface area contributed by atoms with Crippen molar-refractivity contribution in [3.05, 3.63) is 28.5 Å². The Bertz CT molecular complexity index is 515. The van der Waals surface area contributed by atoms with Gasteiger partial charge in [0.2, 0.25) is 0 Å². The summed E-state index contributed by atoms with van der Waals surface area (Å²) >= 11 is 5.77. The molecule has 3 nitrogen and oxygen atoms in total. The molecule has 1 aromatic carbocycles. The molecule has 1 saturated heterocycles. The molecule has 0 bridgehead atoms. The van der Waals surface area contributed by atoms with Crippen molar-refractivity contribution in [1.82, 2.24) is 0 Å². The zero-order chi connectivity index (χ0) is 14.4. The first kappa shape index (κ1) is 14.5. The van der Waals surface area contributed by atoms with Crippen LogP contribution in [0.5, 0.6) is 0 Å². The Labute approximate surface area is 117 Å². The molecular formula is C13H15BClFO3. The van der Waals surface area contributed by atoms with E-state index in [0.29, 0.717) is 6.29 Å². The van der Waals surface area contributed by atoms with Gasteiger partial charge in [-0.1, -0.05) is 11.6 Å². The minimum atomic E-state index is -0.873. The molecule has 19 heavy (non-hydrogen) atoms. The van der Waals surface area contributed by atoms with Gasteiger partial charge < -0.3 is 9.31 Å². The van der Waals surface area contributed by atoms with Gasteiger partial charge >= 0.3 is 7.12 Å². The molecule has 1 fully saturated rings. The minimum Gasteiger partial charge on any atom is -0.399 e. The van der Waals surface area contributed by atoms with Gasteiger partial charge in [-0.05, 0) is 39.8 Å². The number of hydrogen-bond donors (Lipinski definition) is 0. The largest absolute Gasteiger partial charge is 0.497 e. The number of carbonyl (C=O) groups is 1. The van der Waals surface area contributed by atoms with E-state index in [4.69, 9.17) is 20.9 Å². The summed E-state index contributed by atoms with van der Waals surface area (Å²) in [6.07, 6.45) is 0.611. The zero-order valence-corrected chi connectivity index (χ0v) is 12.0. The normalized spacial score (nSPS) is 20.6. The van der Waals surface area contributed by atoms with Crippen molar-refractivity contribution in [1.29, 1.82) is 0 Å². The molecule has 102 valence electrons. The van der Waals surface area contributed by atoms with E-state index >= 15 is 0 Å². The standard InChI is InChI=1S/C13H15BClFO3/c1-12(2)13(3,4)19-14(18-12)9-5-8(7-17)6-10(15)11(9)16/h5-7H,1-4H3. The van der Waals surface area contributed by atoms with Gasteiger partial charge in [0, 0.05) is 11.0 Å². The summed E-state index contributed by atoms with van der Waals surface area (Å²) in [6.45, 7) is 7.48. The summed E-state index contributed by atoms with van der Waals surface area (Å²) < 4.78 is 25.6. The lowest BCUT2D eigenvalue weighted by molar-refractivity contribution is 0.00578. The second kappa shape index (κ2) is 4.58. The second-order valence-electron chi connectivity index (χ2n) is 5.61. The first-order chi connectivity index (χ1) is 8.68. The number of benzene rings is 1. The number of halogens is 2. The van der Waals surface area contributed by atoms with E-state index < -0.39 is 24.1 Å². The van der Waals surface area contributed by atoms with Crippen molar-refractivity contribution in [2.24, 2.45) is 0 Å². The molecule has 2 rings (SSSR count). The SMILES string of the molecule is CC1(C)OB(c2cc(C=O)cc(Cl)c2F)OC1(C)C. The van der Waals surface area contributed by atoms with Crippen LogP contribution in [0.15, 0.2) is 12.1 Å². The van der Waals surface area contributed by atoms with E-state index in [2.05, 4.69) is 0 Å². The van der Waals surface area contributed by atoms with Crippen LogP contribution in [0.1, 0.15) is 38.1 Å². The molecule has 0 N–H and O–H groups in total. The smallest absolute Gasteiger partial charge is 0.399 e. The first-order valence-corrected chi connectivity index (χ1v) is 6.35. The predicted molar refractivity (Wildman–Crippen MR) is 72.5 cm³/mol. The van der Waals surface area contributed by atoms with Gasteiger partial charge in [-0.3, -0.25) is 4.79 Å². The van der Waals surface area contributed by atoms with Crippen molar-refractivity contribution in [2.45, 2.75) is 38.9 Å². The molecule has 0 spiro atoms. The van der Waals surface area contributed by atoms with Gasteiger partial charge in [0.05, 0.1) is 16.2 Å². The Hall–Kier alpha value is -0.905. The van der Waals surface area contributed by atoms with E-state index in [9.17, 15) is 9.18 Å². The molecule has 1 aliphatic heterocycles. The Balaban J connectivity index is 2.44. The van der Waals surface area contributed by atoms with Gasteiger partial charge in [0.15, 0.2) is 0 Å². The predicted octanol–water partition coefficient (Wildman–Crippen LogP) is 2.59. The Morgan fingerprint density at radius 3 is 2.21 bits per heavy atom. The molecule has 1 heterocycles. The third-order valence-electron chi connectivity index (χ3n) is 3.72. The summed E-state index contributed by atoms with van der Waals surface area (Å²) in [5, 5.41) is -0.116. The van der Waals surface area contributed by atoms with Crippen LogP contribution in [0, 0.1) is 5.82 Å². The van der Waals surface area contributed by atoms with Crippen LogP contribution in [0.25, 0.3) is 0 Å². The Morgan fingerprint density at radius 1 is 1.21 bits per heavy atom. The van der Waals surface area contributed by atoms with E-state index in [1.165, 1.54) is 12.1 Å². The van der Waals surface area contributed by atoms with Crippen LogP contribution < -0.4 is 5.46 Å².